The second kappa shape index (κ2) is 12.1. The number of carbonyl (C=O) groups is 6. The molecule has 0 spiro atoms. The van der Waals surface area contributed by atoms with Crippen molar-refractivity contribution in [3.63, 3.8) is 0 Å². The minimum Gasteiger partial charge on any atom is -0.347 e. The molecule has 45 heavy (non-hydrogen) atoms. The molecule has 2 aliphatic heterocycles. The van der Waals surface area contributed by atoms with Crippen molar-refractivity contribution in [2.75, 3.05) is 6.54 Å². The van der Waals surface area contributed by atoms with Crippen molar-refractivity contribution >= 4 is 35.3 Å². The molecule has 13 nitrogen and oxygen atoms in total. The van der Waals surface area contributed by atoms with Gasteiger partial charge < -0.3 is 26.2 Å². The first-order valence-electron chi connectivity index (χ1n) is 16.0. The van der Waals surface area contributed by atoms with Crippen molar-refractivity contribution in [3.05, 3.63) is 24.3 Å². The number of nitrogens with one attached hydrogen (secondary N) is 4. The molecule has 0 radical (unpaired) electrons. The maximum atomic E-state index is 14.4. The molecule has 2 saturated heterocycles. The third-order valence-electron chi connectivity index (χ3n) is 10.2. The molecule has 3 heterocycles. The Bertz CT molecular complexity index is 1370. The van der Waals surface area contributed by atoms with Crippen molar-refractivity contribution in [2.45, 2.75) is 104 Å². The van der Waals surface area contributed by atoms with Gasteiger partial charge in [-0.25, -0.2) is 4.98 Å². The van der Waals surface area contributed by atoms with Crippen LogP contribution in [0.15, 0.2) is 18.6 Å². The molecule has 5 rings (SSSR count). The fourth-order valence-electron chi connectivity index (χ4n) is 7.62. The van der Waals surface area contributed by atoms with Gasteiger partial charge in [0.1, 0.15) is 29.9 Å². The fraction of sp³-hybridized carbons (Fsp3) is 0.688. The normalized spacial score (nSPS) is 28.5. The minimum atomic E-state index is -1.01. The summed E-state index contributed by atoms with van der Waals surface area (Å²) < 4.78 is 0. The van der Waals surface area contributed by atoms with Gasteiger partial charge in [-0.1, -0.05) is 41.5 Å². The van der Waals surface area contributed by atoms with Gasteiger partial charge in [-0.15, -0.1) is 0 Å². The van der Waals surface area contributed by atoms with Gasteiger partial charge in [-0.05, 0) is 49.4 Å². The lowest BCUT2D eigenvalue weighted by atomic mass is 9.63. The molecule has 4 N–H and O–H groups in total. The number of rotatable bonds is 10. The van der Waals surface area contributed by atoms with E-state index in [9.17, 15) is 28.8 Å². The highest BCUT2D eigenvalue weighted by molar-refractivity contribution is 6.39. The first-order valence-corrected chi connectivity index (χ1v) is 16.0. The maximum Gasteiger partial charge on any atom is 0.289 e. The number of aromatic nitrogens is 2. The molecule has 2 saturated carbocycles. The van der Waals surface area contributed by atoms with Crippen LogP contribution in [0.25, 0.3) is 0 Å². The first-order chi connectivity index (χ1) is 21.2. The average molecular weight is 624 g/mol. The molecule has 4 aliphatic rings. The van der Waals surface area contributed by atoms with Gasteiger partial charge >= 0.3 is 0 Å². The van der Waals surface area contributed by atoms with Gasteiger partial charge in [-0.2, -0.15) is 0 Å². The van der Waals surface area contributed by atoms with E-state index < -0.39 is 70.3 Å². The molecule has 4 fully saturated rings. The lowest BCUT2D eigenvalue weighted by molar-refractivity contribution is -0.153. The van der Waals surface area contributed by atoms with Crippen LogP contribution < -0.4 is 21.3 Å². The molecule has 0 aromatic carbocycles. The highest BCUT2D eigenvalue weighted by Crippen LogP contribution is 2.59. The summed E-state index contributed by atoms with van der Waals surface area (Å²) in [4.78, 5) is 90.3. The number of likely N-dealkylation sites (tertiary alicyclic amines) is 1. The van der Waals surface area contributed by atoms with Gasteiger partial charge in [0, 0.05) is 36.3 Å². The summed E-state index contributed by atoms with van der Waals surface area (Å²) >= 11 is 0. The predicted molar refractivity (Wildman–Crippen MR) is 162 cm³/mol. The van der Waals surface area contributed by atoms with Gasteiger partial charge in [0.05, 0.1) is 6.20 Å². The topological polar surface area (TPSA) is 180 Å². The van der Waals surface area contributed by atoms with Crippen molar-refractivity contribution in [2.24, 2.45) is 28.6 Å². The molecule has 2 aliphatic carbocycles. The lowest BCUT2D eigenvalue weighted by Gasteiger charge is -2.48. The zero-order valence-corrected chi connectivity index (χ0v) is 26.9. The van der Waals surface area contributed by atoms with E-state index in [0.717, 1.165) is 19.3 Å². The standard InChI is InChI=1S/C32H45N7O6/c1-7-32-11-10-17-15-39(22(20(17)32)28(43)37-24(32)23(40)29(44)35-18-8-9-18)30(45)25(31(4,5)6)38-27(42)21(16(2)3)36-26(41)19-14-33-12-13-34-19/h12-14,16-18,20-22,24-25H,7-11,15H2,1-6H3,(H,35,44)(H,36,41)(H,37,43)(H,38,42)/t17-,20-,21-,22-,24+,25+,32?/m0/s1. The molecule has 5 amide bonds. The number of nitrogens with zero attached hydrogens (tertiary/aromatic N) is 3. The summed E-state index contributed by atoms with van der Waals surface area (Å²) in [6.07, 6.45) is 7.78. The van der Waals surface area contributed by atoms with Gasteiger partial charge in [0.15, 0.2) is 0 Å². The Morgan fingerprint density at radius 2 is 1.80 bits per heavy atom. The smallest absolute Gasteiger partial charge is 0.289 e. The highest BCUT2D eigenvalue weighted by atomic mass is 16.2. The quantitative estimate of drug-likeness (QED) is 0.276. The predicted octanol–water partition coefficient (Wildman–Crippen LogP) is 0.741. The maximum absolute atomic E-state index is 14.4. The van der Waals surface area contributed by atoms with Crippen molar-refractivity contribution in [1.29, 1.82) is 0 Å². The summed E-state index contributed by atoms with van der Waals surface area (Å²) in [6.45, 7) is 11.4. The number of Topliss-reactive ketones (excluding diaryl/α,β-unsaturated/α-hetero) is 1. The highest BCUT2D eigenvalue weighted by Gasteiger charge is 2.67. The molecule has 1 aromatic heterocycles. The van der Waals surface area contributed by atoms with Crippen molar-refractivity contribution in [1.82, 2.24) is 36.1 Å². The van der Waals surface area contributed by atoms with E-state index in [0.29, 0.717) is 19.4 Å². The van der Waals surface area contributed by atoms with Crippen molar-refractivity contribution in [3.8, 4) is 0 Å². The van der Waals surface area contributed by atoms with Crippen LogP contribution in [0.3, 0.4) is 0 Å². The zero-order chi connectivity index (χ0) is 32.8. The number of ketones is 1. The molecule has 244 valence electrons. The van der Waals surface area contributed by atoms with Crippen LogP contribution in [0.1, 0.15) is 84.1 Å². The van der Waals surface area contributed by atoms with E-state index in [2.05, 4.69) is 31.2 Å². The number of hydrogen-bond acceptors (Lipinski definition) is 8. The fourth-order valence-corrected chi connectivity index (χ4v) is 7.62. The Kier molecular flexibility index (Phi) is 8.76. The third kappa shape index (κ3) is 6.05. The molecule has 0 bridgehead atoms. The van der Waals surface area contributed by atoms with Crippen LogP contribution in [0.5, 0.6) is 0 Å². The molecule has 1 unspecified atom stereocenters. The van der Waals surface area contributed by atoms with E-state index in [1.54, 1.807) is 18.7 Å². The molecule has 13 heteroatoms. The summed E-state index contributed by atoms with van der Waals surface area (Å²) in [6, 6.07) is -3.72. The zero-order valence-electron chi connectivity index (χ0n) is 26.9. The second-order valence-corrected chi connectivity index (χ2v) is 14.5. The minimum absolute atomic E-state index is 0.0159. The number of piperidine rings is 1. The average Bonchev–Trinajstić information content (AvgIpc) is 3.60. The number of hydrogen-bond donors (Lipinski definition) is 4. The van der Waals surface area contributed by atoms with E-state index in [1.807, 2.05) is 27.7 Å². The third-order valence-corrected chi connectivity index (χ3v) is 10.2. The summed E-state index contributed by atoms with van der Waals surface area (Å²) in [5.74, 6) is -3.83. The van der Waals surface area contributed by atoms with E-state index >= 15 is 0 Å². The monoisotopic (exact) mass is 623 g/mol. The number of amides is 5. The largest absolute Gasteiger partial charge is 0.347 e. The Hall–Kier alpha value is -3.90. The van der Waals surface area contributed by atoms with Crippen LogP contribution in [0.2, 0.25) is 0 Å². The molecular formula is C32H45N7O6. The Morgan fingerprint density at radius 1 is 1.09 bits per heavy atom. The Labute approximate surface area is 263 Å². The van der Waals surface area contributed by atoms with Crippen LogP contribution in [-0.2, 0) is 24.0 Å². The van der Waals surface area contributed by atoms with E-state index in [4.69, 9.17) is 0 Å². The van der Waals surface area contributed by atoms with Crippen molar-refractivity contribution < 1.29 is 28.8 Å². The van der Waals surface area contributed by atoms with Crippen LogP contribution in [-0.4, -0.2) is 86.9 Å². The molecule has 1 aromatic rings. The Balaban J connectivity index is 1.37. The van der Waals surface area contributed by atoms with Crippen LogP contribution in [0, 0.1) is 28.6 Å². The summed E-state index contributed by atoms with van der Waals surface area (Å²) in [5.41, 5.74) is -1.33. The van der Waals surface area contributed by atoms with Gasteiger partial charge in [0.2, 0.25) is 23.5 Å². The molecule has 7 atom stereocenters. The van der Waals surface area contributed by atoms with Crippen LogP contribution >= 0.6 is 0 Å². The lowest BCUT2D eigenvalue weighted by Crippen LogP contribution is -2.69. The Morgan fingerprint density at radius 3 is 2.38 bits per heavy atom. The van der Waals surface area contributed by atoms with Crippen LogP contribution in [0.4, 0.5) is 0 Å². The SMILES string of the molecule is CCC12CC[C@H]3CN(C(=O)[C@@H](NC(=O)[C@@H](NC(=O)c4cnccn4)C(C)C)C(C)(C)C)[C@H](C(=O)N[C@@H]1C(=O)C(=O)NC1CC1)[C@H]32. The summed E-state index contributed by atoms with van der Waals surface area (Å²) in [7, 11) is 0. The summed E-state index contributed by atoms with van der Waals surface area (Å²) in [5, 5.41) is 11.2. The van der Waals surface area contributed by atoms with E-state index in [1.165, 1.54) is 18.6 Å². The molecular weight excluding hydrogens is 578 g/mol. The first kappa shape index (κ1) is 32.5. The van der Waals surface area contributed by atoms with Gasteiger partial charge in [0.25, 0.3) is 11.8 Å². The van der Waals surface area contributed by atoms with Gasteiger partial charge in [-0.3, -0.25) is 33.8 Å². The second-order valence-electron chi connectivity index (χ2n) is 14.5. The van der Waals surface area contributed by atoms with E-state index in [-0.39, 0.29) is 29.5 Å². The number of carbonyl (C=O) groups excluding carboxylic acids is 6.